The number of piperidine rings is 1. The average Bonchev–Trinajstić information content (AvgIpc) is 3.15. The topological polar surface area (TPSA) is 32.8 Å². The molecule has 0 radical (unpaired) electrons. The molecule has 2 aliphatic heterocycles. The molecule has 0 aromatic heterocycles. The van der Waals surface area contributed by atoms with Gasteiger partial charge in [0.25, 0.3) is 5.91 Å². The van der Waals surface area contributed by atoms with Crippen molar-refractivity contribution in [2.45, 2.75) is 38.6 Å². The Balaban J connectivity index is 1.29. The fourth-order valence-corrected chi connectivity index (χ4v) is 5.40. The molecule has 176 valence electrons. The second-order valence-electron chi connectivity index (χ2n) is 9.79. The molecular formula is C29H31ClN2O2. The average molecular weight is 475 g/mol. The van der Waals surface area contributed by atoms with E-state index in [2.05, 4.69) is 61.2 Å². The van der Waals surface area contributed by atoms with E-state index >= 15 is 0 Å². The summed E-state index contributed by atoms with van der Waals surface area (Å²) in [5.41, 5.74) is 6.28. The number of likely N-dealkylation sites (tertiary alicyclic amines) is 1. The number of hydrogen-bond acceptors (Lipinski definition) is 3. The molecule has 34 heavy (non-hydrogen) atoms. The van der Waals surface area contributed by atoms with E-state index < -0.39 is 0 Å². The van der Waals surface area contributed by atoms with E-state index in [1.165, 1.54) is 22.3 Å². The second kappa shape index (κ2) is 9.44. The second-order valence-corrected chi connectivity index (χ2v) is 10.2. The van der Waals surface area contributed by atoms with Crippen molar-refractivity contribution in [2.24, 2.45) is 0 Å². The van der Waals surface area contributed by atoms with Gasteiger partial charge in [-0.05, 0) is 81.2 Å². The van der Waals surface area contributed by atoms with E-state index in [9.17, 15) is 4.79 Å². The van der Waals surface area contributed by atoms with Gasteiger partial charge in [0, 0.05) is 29.2 Å². The highest BCUT2D eigenvalue weighted by Gasteiger charge is 2.46. The third-order valence-corrected chi connectivity index (χ3v) is 7.54. The standard InChI is InChI=1S/C29H31ClN2O2/c1-21-3-6-23(7-4-21)18-31-15-13-29(14-16-31)20-32(27-12-5-22(2)17-26(27)29)28(33)19-34-25-10-8-24(30)9-11-25/h3-12,17H,13-16,18-20H2,1-2H3. The number of aryl methyl sites for hydroxylation is 2. The van der Waals surface area contributed by atoms with Gasteiger partial charge in [0.15, 0.2) is 6.61 Å². The Bertz CT molecular complexity index is 1170. The van der Waals surface area contributed by atoms with E-state index in [-0.39, 0.29) is 17.9 Å². The summed E-state index contributed by atoms with van der Waals surface area (Å²) in [5, 5.41) is 0.651. The number of halogens is 1. The van der Waals surface area contributed by atoms with Crippen molar-refractivity contribution in [3.05, 3.63) is 94.0 Å². The van der Waals surface area contributed by atoms with Crippen LogP contribution in [0.5, 0.6) is 5.75 Å². The molecule has 0 saturated carbocycles. The van der Waals surface area contributed by atoms with Gasteiger partial charge in [-0.3, -0.25) is 9.69 Å². The molecule has 5 rings (SSSR count). The quantitative estimate of drug-likeness (QED) is 0.460. The first-order chi connectivity index (χ1) is 16.4. The van der Waals surface area contributed by atoms with E-state index in [0.29, 0.717) is 10.8 Å². The van der Waals surface area contributed by atoms with Crippen molar-refractivity contribution in [2.75, 3.05) is 31.1 Å². The van der Waals surface area contributed by atoms with E-state index in [1.807, 2.05) is 4.90 Å². The van der Waals surface area contributed by atoms with Crippen molar-refractivity contribution in [1.82, 2.24) is 4.90 Å². The zero-order valence-corrected chi connectivity index (χ0v) is 20.6. The zero-order valence-electron chi connectivity index (χ0n) is 19.9. The van der Waals surface area contributed by atoms with Crippen LogP contribution in [-0.4, -0.2) is 37.0 Å². The normalized spacial score (nSPS) is 17.1. The summed E-state index contributed by atoms with van der Waals surface area (Å²) in [6.07, 6.45) is 2.11. The van der Waals surface area contributed by atoms with Crippen molar-refractivity contribution < 1.29 is 9.53 Å². The van der Waals surface area contributed by atoms with Crippen LogP contribution >= 0.6 is 11.6 Å². The molecule has 4 nitrogen and oxygen atoms in total. The summed E-state index contributed by atoms with van der Waals surface area (Å²) < 4.78 is 5.78. The van der Waals surface area contributed by atoms with Crippen LogP contribution in [0.25, 0.3) is 0 Å². The van der Waals surface area contributed by atoms with Gasteiger partial charge < -0.3 is 9.64 Å². The van der Waals surface area contributed by atoms with Gasteiger partial charge in [-0.2, -0.15) is 0 Å². The Hall–Kier alpha value is -2.82. The van der Waals surface area contributed by atoms with Crippen LogP contribution in [0.3, 0.4) is 0 Å². The third-order valence-electron chi connectivity index (χ3n) is 7.29. The minimum absolute atomic E-state index is 0.000914. The lowest BCUT2D eigenvalue weighted by molar-refractivity contribution is -0.120. The minimum atomic E-state index is -0.000914. The van der Waals surface area contributed by atoms with Crippen LogP contribution in [0.15, 0.2) is 66.7 Å². The number of hydrogen-bond donors (Lipinski definition) is 0. The molecule has 1 spiro atoms. The monoisotopic (exact) mass is 474 g/mol. The molecule has 0 N–H and O–H groups in total. The molecule has 0 atom stereocenters. The van der Waals surface area contributed by atoms with Gasteiger partial charge in [-0.25, -0.2) is 0 Å². The Morgan fingerprint density at radius 2 is 1.62 bits per heavy atom. The fraction of sp³-hybridized carbons (Fsp3) is 0.345. The van der Waals surface area contributed by atoms with E-state index in [0.717, 1.165) is 44.7 Å². The van der Waals surface area contributed by atoms with Crippen molar-refractivity contribution in [1.29, 1.82) is 0 Å². The summed E-state index contributed by atoms with van der Waals surface area (Å²) in [4.78, 5) is 17.7. The largest absolute Gasteiger partial charge is 0.484 e. The molecule has 2 heterocycles. The Kier molecular flexibility index (Phi) is 6.37. The summed E-state index contributed by atoms with van der Waals surface area (Å²) in [5.74, 6) is 0.652. The van der Waals surface area contributed by atoms with Gasteiger partial charge in [-0.15, -0.1) is 0 Å². The van der Waals surface area contributed by atoms with Crippen molar-refractivity contribution in [3.8, 4) is 5.75 Å². The fourth-order valence-electron chi connectivity index (χ4n) is 5.28. The molecule has 0 unspecified atom stereocenters. The smallest absolute Gasteiger partial charge is 0.264 e. The summed E-state index contributed by atoms with van der Waals surface area (Å²) >= 11 is 5.96. The van der Waals surface area contributed by atoms with Crippen LogP contribution in [0.2, 0.25) is 5.02 Å². The van der Waals surface area contributed by atoms with Crippen LogP contribution in [0.4, 0.5) is 5.69 Å². The Labute approximate surface area is 207 Å². The third kappa shape index (κ3) is 4.70. The number of anilines is 1. The number of fused-ring (bicyclic) bond motifs is 2. The van der Waals surface area contributed by atoms with Gasteiger partial charge in [0.1, 0.15) is 5.75 Å². The SMILES string of the molecule is Cc1ccc(CN2CCC3(CC2)CN(C(=O)COc2ccc(Cl)cc2)c2ccc(C)cc23)cc1. The highest BCUT2D eigenvalue weighted by atomic mass is 35.5. The van der Waals surface area contributed by atoms with Crippen LogP contribution in [0.1, 0.15) is 35.1 Å². The van der Waals surface area contributed by atoms with E-state index in [1.54, 1.807) is 24.3 Å². The maximum atomic E-state index is 13.3. The lowest BCUT2D eigenvalue weighted by atomic mass is 9.74. The summed E-state index contributed by atoms with van der Waals surface area (Å²) in [7, 11) is 0. The molecule has 2 aliphatic rings. The number of nitrogens with zero attached hydrogens (tertiary/aromatic N) is 2. The molecule has 5 heteroatoms. The summed E-state index contributed by atoms with van der Waals surface area (Å²) in [6.45, 7) is 8.05. The first kappa shape index (κ1) is 22.9. The molecule has 1 amide bonds. The zero-order chi connectivity index (χ0) is 23.7. The van der Waals surface area contributed by atoms with E-state index in [4.69, 9.17) is 16.3 Å². The van der Waals surface area contributed by atoms with Gasteiger partial charge in [0.2, 0.25) is 0 Å². The number of amides is 1. The Morgan fingerprint density at radius 1 is 0.941 bits per heavy atom. The predicted octanol–water partition coefficient (Wildman–Crippen LogP) is 5.92. The van der Waals surface area contributed by atoms with Crippen molar-refractivity contribution >= 4 is 23.2 Å². The van der Waals surface area contributed by atoms with Crippen LogP contribution in [-0.2, 0) is 16.8 Å². The highest BCUT2D eigenvalue weighted by molar-refractivity contribution is 6.30. The molecule has 1 saturated heterocycles. The number of carbonyl (C=O) groups is 1. The molecule has 0 bridgehead atoms. The van der Waals surface area contributed by atoms with Gasteiger partial charge in [-0.1, -0.05) is 59.1 Å². The maximum absolute atomic E-state index is 13.3. The lowest BCUT2D eigenvalue weighted by Gasteiger charge is -2.40. The highest BCUT2D eigenvalue weighted by Crippen LogP contribution is 2.47. The van der Waals surface area contributed by atoms with Crippen molar-refractivity contribution in [3.63, 3.8) is 0 Å². The number of benzene rings is 3. The van der Waals surface area contributed by atoms with Crippen LogP contribution in [0, 0.1) is 13.8 Å². The minimum Gasteiger partial charge on any atom is -0.484 e. The molecule has 0 aliphatic carbocycles. The van der Waals surface area contributed by atoms with Gasteiger partial charge in [0.05, 0.1) is 0 Å². The molecular weight excluding hydrogens is 444 g/mol. The number of carbonyl (C=O) groups excluding carboxylic acids is 1. The molecule has 3 aromatic carbocycles. The predicted molar refractivity (Wildman–Crippen MR) is 138 cm³/mol. The molecule has 3 aromatic rings. The number of rotatable bonds is 5. The Morgan fingerprint density at radius 3 is 2.32 bits per heavy atom. The lowest BCUT2D eigenvalue weighted by Crippen LogP contribution is -2.46. The van der Waals surface area contributed by atoms with Crippen LogP contribution < -0.4 is 9.64 Å². The first-order valence-electron chi connectivity index (χ1n) is 12.0. The van der Waals surface area contributed by atoms with Gasteiger partial charge >= 0.3 is 0 Å². The molecule has 1 fully saturated rings. The number of ether oxygens (including phenoxy) is 1. The first-order valence-corrected chi connectivity index (χ1v) is 12.4. The summed E-state index contributed by atoms with van der Waals surface area (Å²) in [6, 6.07) is 22.5. The maximum Gasteiger partial charge on any atom is 0.264 e.